The zero-order chi connectivity index (χ0) is 13.2. The first kappa shape index (κ1) is 11.8. The average molecular weight is 275 g/mol. The van der Waals surface area contributed by atoms with E-state index in [4.69, 9.17) is 5.73 Å². The van der Waals surface area contributed by atoms with Crippen molar-refractivity contribution in [1.29, 1.82) is 0 Å². The Morgan fingerprint density at radius 3 is 2.95 bits per heavy atom. The fourth-order valence-corrected chi connectivity index (χ4v) is 2.34. The van der Waals surface area contributed by atoms with E-state index in [1.165, 1.54) is 11.3 Å². The Morgan fingerprint density at radius 1 is 1.37 bits per heavy atom. The van der Waals surface area contributed by atoms with Gasteiger partial charge in [-0.2, -0.15) is 5.10 Å². The number of nitrogens with one attached hydrogen (secondary N) is 1. The van der Waals surface area contributed by atoms with E-state index >= 15 is 0 Å². The predicted octanol–water partition coefficient (Wildman–Crippen LogP) is 0.758. The number of hydrogen-bond acceptors (Lipinski definition) is 6. The lowest BCUT2D eigenvalue weighted by Gasteiger charge is -1.96. The van der Waals surface area contributed by atoms with Gasteiger partial charge in [0.25, 0.3) is 0 Å². The third-order valence-corrected chi connectivity index (χ3v) is 3.46. The summed E-state index contributed by atoms with van der Waals surface area (Å²) in [6.45, 7) is 0. The molecule has 0 unspecified atom stereocenters. The van der Waals surface area contributed by atoms with Crippen molar-refractivity contribution in [3.05, 3.63) is 40.9 Å². The minimum absolute atomic E-state index is 0.572. The van der Waals surface area contributed by atoms with E-state index in [-0.39, 0.29) is 0 Å². The van der Waals surface area contributed by atoms with E-state index in [0.717, 1.165) is 23.2 Å². The van der Waals surface area contributed by atoms with Gasteiger partial charge in [0.1, 0.15) is 11.6 Å². The molecule has 0 aliphatic heterocycles. The number of thiazole rings is 1. The molecule has 3 aromatic rings. The van der Waals surface area contributed by atoms with Crippen molar-refractivity contribution < 1.29 is 0 Å². The topological polar surface area (TPSA) is 98.3 Å². The van der Waals surface area contributed by atoms with Crippen LogP contribution in [-0.2, 0) is 19.9 Å². The highest BCUT2D eigenvalue weighted by molar-refractivity contribution is 7.13. The van der Waals surface area contributed by atoms with E-state index < -0.39 is 0 Å². The van der Waals surface area contributed by atoms with Gasteiger partial charge in [0.2, 0.25) is 0 Å². The summed E-state index contributed by atoms with van der Waals surface area (Å²) >= 11 is 1.43. The maximum Gasteiger partial charge on any atom is 0.180 e. The number of anilines is 1. The summed E-state index contributed by atoms with van der Waals surface area (Å²) in [5, 5.41) is 9.61. The molecule has 3 N–H and O–H groups in total. The first-order valence-electron chi connectivity index (χ1n) is 5.77. The van der Waals surface area contributed by atoms with E-state index in [1.54, 1.807) is 6.20 Å². The molecule has 98 valence electrons. The normalized spacial score (nSPS) is 11.0. The lowest BCUT2D eigenvalue weighted by Crippen LogP contribution is -2.00. The predicted molar refractivity (Wildman–Crippen MR) is 71.7 cm³/mol. The molecule has 0 saturated carbocycles. The summed E-state index contributed by atoms with van der Waals surface area (Å²) in [6.07, 6.45) is 4.89. The summed E-state index contributed by atoms with van der Waals surface area (Å²) < 4.78 is 1.96. The summed E-state index contributed by atoms with van der Waals surface area (Å²) in [5.74, 6) is 2.45. The van der Waals surface area contributed by atoms with Crippen LogP contribution in [-0.4, -0.2) is 29.7 Å². The van der Waals surface area contributed by atoms with Gasteiger partial charge in [-0.1, -0.05) is 0 Å². The number of hydrogen-bond donors (Lipinski definition) is 2. The maximum atomic E-state index is 5.59. The minimum atomic E-state index is 0.572. The number of nitrogens with zero attached hydrogens (tertiary/aromatic N) is 5. The smallest absolute Gasteiger partial charge is 0.180 e. The molecule has 19 heavy (non-hydrogen) atoms. The van der Waals surface area contributed by atoms with Crippen molar-refractivity contribution in [1.82, 2.24) is 29.7 Å². The standard InChI is InChI=1S/C11H13N7S/c1-18-3-2-13-10(18)5-9-15-8(16-17-9)4-7-6-19-11(12)14-7/h2-3,6H,4-5H2,1H3,(H2,12,14)(H,15,16,17). The fourth-order valence-electron chi connectivity index (χ4n) is 1.78. The largest absolute Gasteiger partial charge is 0.375 e. The Balaban J connectivity index is 1.71. The molecular weight excluding hydrogens is 262 g/mol. The van der Waals surface area contributed by atoms with Crippen LogP contribution in [0, 0.1) is 0 Å². The minimum Gasteiger partial charge on any atom is -0.375 e. The van der Waals surface area contributed by atoms with E-state index in [9.17, 15) is 0 Å². The lowest BCUT2D eigenvalue weighted by atomic mass is 10.3. The first-order valence-corrected chi connectivity index (χ1v) is 6.65. The maximum absolute atomic E-state index is 5.59. The molecule has 0 aliphatic rings. The van der Waals surface area contributed by atoms with Gasteiger partial charge >= 0.3 is 0 Å². The number of aromatic nitrogens is 6. The van der Waals surface area contributed by atoms with Crippen LogP contribution in [0.3, 0.4) is 0 Å². The molecule has 0 radical (unpaired) electrons. The highest BCUT2D eigenvalue weighted by Crippen LogP contribution is 2.13. The number of nitrogen functional groups attached to an aromatic ring is 1. The molecule has 0 saturated heterocycles. The first-order chi connectivity index (χ1) is 9.20. The van der Waals surface area contributed by atoms with Crippen LogP contribution in [0.4, 0.5) is 5.13 Å². The van der Waals surface area contributed by atoms with Crippen molar-refractivity contribution in [3.63, 3.8) is 0 Å². The van der Waals surface area contributed by atoms with Crippen LogP contribution < -0.4 is 5.73 Å². The molecule has 8 heteroatoms. The fraction of sp³-hybridized carbons (Fsp3) is 0.273. The van der Waals surface area contributed by atoms with Crippen LogP contribution in [0.15, 0.2) is 17.8 Å². The Labute approximate surface area is 113 Å². The Morgan fingerprint density at radius 2 is 2.26 bits per heavy atom. The molecular formula is C11H13N7S. The van der Waals surface area contributed by atoms with Gasteiger partial charge in [-0.25, -0.2) is 15.0 Å². The molecule has 0 amide bonds. The van der Waals surface area contributed by atoms with Gasteiger partial charge in [0, 0.05) is 24.8 Å². The van der Waals surface area contributed by atoms with Gasteiger partial charge in [-0.05, 0) is 0 Å². The summed E-state index contributed by atoms with van der Waals surface area (Å²) in [5.41, 5.74) is 6.50. The second kappa shape index (κ2) is 4.81. The Hall–Kier alpha value is -2.22. The number of aryl methyl sites for hydroxylation is 1. The van der Waals surface area contributed by atoms with Crippen molar-refractivity contribution in [2.24, 2.45) is 7.05 Å². The SMILES string of the molecule is Cn1ccnc1Cc1n[nH]c(Cc2csc(N)n2)n1. The van der Waals surface area contributed by atoms with Crippen molar-refractivity contribution in [2.75, 3.05) is 5.73 Å². The zero-order valence-electron chi connectivity index (χ0n) is 10.4. The van der Waals surface area contributed by atoms with E-state index in [1.807, 2.05) is 23.2 Å². The number of rotatable bonds is 4. The van der Waals surface area contributed by atoms with Gasteiger partial charge < -0.3 is 10.3 Å². The number of aromatic amines is 1. The summed E-state index contributed by atoms with van der Waals surface area (Å²) in [4.78, 5) is 12.9. The van der Waals surface area contributed by atoms with Crippen LogP contribution in [0.25, 0.3) is 0 Å². The van der Waals surface area contributed by atoms with Crippen molar-refractivity contribution in [3.8, 4) is 0 Å². The highest BCUT2D eigenvalue weighted by Gasteiger charge is 2.09. The van der Waals surface area contributed by atoms with Gasteiger partial charge in [-0.3, -0.25) is 5.10 Å². The van der Waals surface area contributed by atoms with Gasteiger partial charge in [-0.15, -0.1) is 11.3 Å². The second-order valence-corrected chi connectivity index (χ2v) is 5.07. The molecule has 3 heterocycles. The molecule has 0 fully saturated rings. The Kier molecular flexibility index (Phi) is 3.00. The second-order valence-electron chi connectivity index (χ2n) is 4.18. The molecule has 0 aromatic carbocycles. The van der Waals surface area contributed by atoms with Crippen LogP contribution >= 0.6 is 11.3 Å². The van der Waals surface area contributed by atoms with E-state index in [0.29, 0.717) is 18.0 Å². The third kappa shape index (κ3) is 2.63. The molecule has 0 spiro atoms. The lowest BCUT2D eigenvalue weighted by molar-refractivity contribution is 0.797. The van der Waals surface area contributed by atoms with Crippen LogP contribution in [0.1, 0.15) is 23.2 Å². The monoisotopic (exact) mass is 275 g/mol. The van der Waals surface area contributed by atoms with Gasteiger partial charge in [0.05, 0.1) is 18.5 Å². The van der Waals surface area contributed by atoms with Crippen molar-refractivity contribution >= 4 is 16.5 Å². The molecule has 0 atom stereocenters. The quantitative estimate of drug-likeness (QED) is 0.732. The van der Waals surface area contributed by atoms with Gasteiger partial charge in [0.15, 0.2) is 11.0 Å². The van der Waals surface area contributed by atoms with Crippen molar-refractivity contribution in [2.45, 2.75) is 12.8 Å². The molecule has 3 rings (SSSR count). The van der Waals surface area contributed by atoms with Crippen LogP contribution in [0.5, 0.6) is 0 Å². The summed E-state index contributed by atoms with van der Waals surface area (Å²) in [6, 6.07) is 0. The number of nitrogens with two attached hydrogens (primary N) is 1. The number of H-pyrrole nitrogens is 1. The zero-order valence-corrected chi connectivity index (χ0v) is 11.2. The molecule has 0 bridgehead atoms. The van der Waals surface area contributed by atoms with E-state index in [2.05, 4.69) is 25.1 Å². The molecule has 0 aliphatic carbocycles. The highest BCUT2D eigenvalue weighted by atomic mass is 32.1. The summed E-state index contributed by atoms with van der Waals surface area (Å²) in [7, 11) is 1.95. The molecule has 7 nitrogen and oxygen atoms in total. The average Bonchev–Trinajstić information content (AvgIpc) is 3.06. The molecule has 3 aromatic heterocycles. The number of imidazole rings is 1. The van der Waals surface area contributed by atoms with Crippen LogP contribution in [0.2, 0.25) is 0 Å². The Bertz CT molecular complexity index is 681. The third-order valence-electron chi connectivity index (χ3n) is 2.73.